The van der Waals surface area contributed by atoms with Gasteiger partial charge in [-0.2, -0.15) is 18.4 Å². The van der Waals surface area contributed by atoms with Gasteiger partial charge in [0.25, 0.3) is 5.56 Å². The highest BCUT2D eigenvalue weighted by Crippen LogP contribution is 2.30. The van der Waals surface area contributed by atoms with Gasteiger partial charge in [-0.25, -0.2) is 4.98 Å². The lowest BCUT2D eigenvalue weighted by Crippen LogP contribution is -2.56. The molecule has 12 heteroatoms. The Kier molecular flexibility index (Phi) is 5.37. The van der Waals surface area contributed by atoms with Crippen molar-refractivity contribution in [2.45, 2.75) is 38.7 Å². The molecule has 168 valence electrons. The van der Waals surface area contributed by atoms with E-state index in [9.17, 15) is 23.2 Å². The van der Waals surface area contributed by atoms with Crippen molar-refractivity contribution >= 4 is 16.7 Å². The maximum absolute atomic E-state index is 12.7. The van der Waals surface area contributed by atoms with Crippen LogP contribution in [-0.4, -0.2) is 49.8 Å². The molecule has 0 N–H and O–H groups in total. The van der Waals surface area contributed by atoms with Crippen LogP contribution in [0, 0.1) is 11.3 Å². The normalized spacial score (nSPS) is 20.0. The highest BCUT2D eigenvalue weighted by molar-refractivity contribution is 5.89. The van der Waals surface area contributed by atoms with Crippen molar-refractivity contribution in [3.05, 3.63) is 46.0 Å². The Balaban J connectivity index is 1.62. The minimum absolute atomic E-state index is 0.0799. The van der Waals surface area contributed by atoms with Crippen LogP contribution >= 0.6 is 0 Å². The maximum Gasteiger partial charge on any atom is 0.470 e. The summed E-state index contributed by atoms with van der Waals surface area (Å²) >= 11 is 0. The Bertz CT molecular complexity index is 1260. The van der Waals surface area contributed by atoms with Crippen LogP contribution in [0.2, 0.25) is 0 Å². The highest BCUT2D eigenvalue weighted by Gasteiger charge is 2.39. The van der Waals surface area contributed by atoms with Gasteiger partial charge in [-0.15, -0.1) is 10.2 Å². The molecule has 4 rings (SSSR count). The molecule has 0 saturated carbocycles. The Morgan fingerprint density at radius 2 is 1.97 bits per heavy atom. The molecular weight excluding hydrogens is 427 g/mol. The number of anilines is 1. The van der Waals surface area contributed by atoms with Crippen LogP contribution in [0.3, 0.4) is 0 Å². The Morgan fingerprint density at radius 1 is 1.22 bits per heavy atom. The molecule has 0 aromatic carbocycles. The number of aryl methyl sites for hydroxylation is 1. The standard InChI is InChI=1S/C20H20F3N7O2/c1-11-9-30(12(2)8-29(11)10-16-26-27-19(32-16)20(21,22)23)15-6-17(31)28(3)14-5-4-13(7-24)25-18(14)15/h4-6,11-12H,8-10H2,1-3H3/t11-,12+/m1/s1. The van der Waals surface area contributed by atoms with Gasteiger partial charge in [-0.05, 0) is 26.0 Å². The van der Waals surface area contributed by atoms with Crippen molar-refractivity contribution in [2.75, 3.05) is 18.0 Å². The van der Waals surface area contributed by atoms with Gasteiger partial charge in [0.2, 0.25) is 5.89 Å². The van der Waals surface area contributed by atoms with Gasteiger partial charge in [0.05, 0.1) is 17.7 Å². The van der Waals surface area contributed by atoms with E-state index in [2.05, 4.69) is 15.2 Å². The summed E-state index contributed by atoms with van der Waals surface area (Å²) in [6.45, 7) is 4.93. The first-order valence-electron chi connectivity index (χ1n) is 9.89. The third kappa shape index (κ3) is 3.91. The fraction of sp³-hybridized carbons (Fsp3) is 0.450. The highest BCUT2D eigenvalue weighted by atomic mass is 19.4. The topological polar surface area (TPSA) is 104 Å². The average Bonchev–Trinajstić information content (AvgIpc) is 3.22. The van der Waals surface area contributed by atoms with E-state index in [4.69, 9.17) is 4.42 Å². The summed E-state index contributed by atoms with van der Waals surface area (Å²) in [7, 11) is 1.64. The first-order valence-corrected chi connectivity index (χ1v) is 9.89. The number of alkyl halides is 3. The molecule has 1 aliphatic rings. The molecule has 1 saturated heterocycles. The fourth-order valence-electron chi connectivity index (χ4n) is 3.95. The quantitative estimate of drug-likeness (QED) is 0.603. The summed E-state index contributed by atoms with van der Waals surface area (Å²) in [6.07, 6.45) is -4.68. The van der Waals surface area contributed by atoms with Crippen LogP contribution in [0.5, 0.6) is 0 Å². The van der Waals surface area contributed by atoms with Crippen LogP contribution in [-0.2, 0) is 19.8 Å². The monoisotopic (exact) mass is 447 g/mol. The van der Waals surface area contributed by atoms with Crippen molar-refractivity contribution in [1.29, 1.82) is 5.26 Å². The van der Waals surface area contributed by atoms with E-state index < -0.39 is 12.1 Å². The van der Waals surface area contributed by atoms with Gasteiger partial charge in [0.1, 0.15) is 17.3 Å². The zero-order chi connectivity index (χ0) is 23.2. The van der Waals surface area contributed by atoms with Gasteiger partial charge in [-0.3, -0.25) is 9.69 Å². The van der Waals surface area contributed by atoms with Gasteiger partial charge in [0, 0.05) is 38.3 Å². The first kappa shape index (κ1) is 21.8. The second-order valence-electron chi connectivity index (χ2n) is 7.88. The molecule has 32 heavy (non-hydrogen) atoms. The summed E-state index contributed by atoms with van der Waals surface area (Å²) < 4.78 is 44.4. The lowest BCUT2D eigenvalue weighted by Gasteiger charge is -2.45. The van der Waals surface area contributed by atoms with Crippen LogP contribution in [0.4, 0.5) is 18.9 Å². The van der Waals surface area contributed by atoms with E-state index in [0.717, 1.165) is 0 Å². The second kappa shape index (κ2) is 7.90. The number of halogens is 3. The van der Waals surface area contributed by atoms with E-state index in [1.807, 2.05) is 29.7 Å². The average molecular weight is 447 g/mol. The first-order chi connectivity index (χ1) is 15.1. The zero-order valence-electron chi connectivity index (χ0n) is 17.6. The Labute approximate surface area is 180 Å². The van der Waals surface area contributed by atoms with Crippen LogP contribution < -0.4 is 10.5 Å². The number of nitriles is 1. The molecule has 3 aromatic heterocycles. The summed E-state index contributed by atoms with van der Waals surface area (Å²) in [5, 5.41) is 15.8. The van der Waals surface area contributed by atoms with E-state index in [1.54, 1.807) is 19.2 Å². The van der Waals surface area contributed by atoms with Crippen LogP contribution in [0.1, 0.15) is 31.3 Å². The summed E-state index contributed by atoms with van der Waals surface area (Å²) in [5.74, 6) is -1.47. The molecule has 0 aliphatic carbocycles. The van der Waals surface area contributed by atoms with E-state index in [0.29, 0.717) is 29.8 Å². The molecule has 9 nitrogen and oxygen atoms in total. The molecule has 0 radical (unpaired) electrons. The zero-order valence-corrected chi connectivity index (χ0v) is 17.6. The minimum atomic E-state index is -4.68. The molecule has 1 fully saturated rings. The van der Waals surface area contributed by atoms with Gasteiger partial charge >= 0.3 is 12.1 Å². The fourth-order valence-corrected chi connectivity index (χ4v) is 3.95. The van der Waals surface area contributed by atoms with E-state index in [1.165, 1.54) is 10.6 Å². The summed E-state index contributed by atoms with van der Waals surface area (Å²) in [6, 6.07) is 6.60. The van der Waals surface area contributed by atoms with Crippen LogP contribution in [0.25, 0.3) is 11.0 Å². The lowest BCUT2D eigenvalue weighted by atomic mass is 10.1. The van der Waals surface area contributed by atoms with Crippen molar-refractivity contribution < 1.29 is 17.6 Å². The van der Waals surface area contributed by atoms with Gasteiger partial charge in [-0.1, -0.05) is 0 Å². The number of pyridine rings is 2. The third-order valence-corrected chi connectivity index (χ3v) is 5.66. The summed E-state index contributed by atoms with van der Waals surface area (Å²) in [4.78, 5) is 21.0. The lowest BCUT2D eigenvalue weighted by molar-refractivity contribution is -0.157. The second-order valence-corrected chi connectivity index (χ2v) is 7.88. The Morgan fingerprint density at radius 3 is 2.62 bits per heavy atom. The minimum Gasteiger partial charge on any atom is -0.416 e. The number of aromatic nitrogens is 4. The Hall–Kier alpha value is -3.46. The van der Waals surface area contributed by atoms with Crippen molar-refractivity contribution in [3.63, 3.8) is 0 Å². The molecule has 3 aromatic rings. The number of rotatable bonds is 3. The van der Waals surface area contributed by atoms with Gasteiger partial charge < -0.3 is 13.9 Å². The smallest absolute Gasteiger partial charge is 0.416 e. The largest absolute Gasteiger partial charge is 0.470 e. The number of fused-ring (bicyclic) bond motifs is 1. The molecule has 0 amide bonds. The maximum atomic E-state index is 12.7. The number of nitrogens with zero attached hydrogens (tertiary/aromatic N) is 7. The molecule has 1 aliphatic heterocycles. The van der Waals surface area contributed by atoms with Gasteiger partial charge in [0.15, 0.2) is 0 Å². The molecule has 0 unspecified atom stereocenters. The van der Waals surface area contributed by atoms with Crippen LogP contribution in [0.15, 0.2) is 27.4 Å². The molecule has 2 atom stereocenters. The predicted octanol–water partition coefficient (Wildman–Crippen LogP) is 2.31. The molecule has 4 heterocycles. The molecule has 0 spiro atoms. The van der Waals surface area contributed by atoms with E-state index in [-0.39, 0.29) is 35.8 Å². The number of hydrogen-bond acceptors (Lipinski definition) is 8. The van der Waals surface area contributed by atoms with Crippen molar-refractivity contribution in [1.82, 2.24) is 24.6 Å². The molecule has 0 bridgehead atoms. The summed E-state index contributed by atoms with van der Waals surface area (Å²) in [5.41, 5.74) is 1.82. The third-order valence-electron chi connectivity index (χ3n) is 5.66. The van der Waals surface area contributed by atoms with Crippen molar-refractivity contribution in [3.8, 4) is 6.07 Å². The number of hydrogen-bond donors (Lipinski definition) is 0. The van der Waals surface area contributed by atoms with E-state index >= 15 is 0 Å². The molecular formula is C20H20F3N7O2. The predicted molar refractivity (Wildman–Crippen MR) is 108 cm³/mol. The number of piperazine rings is 1. The van der Waals surface area contributed by atoms with Crippen molar-refractivity contribution in [2.24, 2.45) is 7.05 Å². The SMILES string of the molecule is C[C@@H]1CN(c2cc(=O)n(C)c3ccc(C#N)nc23)[C@@H](C)CN1Cc1nnc(C(F)(F)F)o1.